The minimum absolute atomic E-state index is 0.00934. The van der Waals surface area contributed by atoms with Crippen molar-refractivity contribution in [2.24, 2.45) is 0 Å². The van der Waals surface area contributed by atoms with Gasteiger partial charge in [0.05, 0.1) is 13.2 Å². The van der Waals surface area contributed by atoms with E-state index in [-0.39, 0.29) is 12.0 Å². The number of thiocarbonyl (C=S) groups is 1. The SMILES string of the molecule is CCc1ccc(NC(=S)NNC(=O)c2ccc(OC(C)C)c(OC)c2)cc1. The molecule has 0 spiro atoms. The third kappa shape index (κ3) is 6.14. The standard InChI is InChI=1S/C20H25N3O3S/c1-5-14-6-9-16(10-7-14)21-20(27)23-22-19(24)15-8-11-17(26-13(2)3)18(12-15)25-4/h6-13H,5H2,1-4H3,(H,22,24)(H2,21,23,27). The number of carbonyl (C=O) groups is 1. The molecular formula is C20H25N3O3S. The summed E-state index contributed by atoms with van der Waals surface area (Å²) in [5.41, 5.74) is 7.76. The summed E-state index contributed by atoms with van der Waals surface area (Å²) in [5.74, 6) is 0.743. The highest BCUT2D eigenvalue weighted by atomic mass is 32.1. The number of methoxy groups -OCH3 is 1. The van der Waals surface area contributed by atoms with Crippen molar-refractivity contribution in [2.75, 3.05) is 12.4 Å². The Morgan fingerprint density at radius 2 is 1.78 bits per heavy atom. The Bertz CT molecular complexity index is 792. The predicted molar refractivity (Wildman–Crippen MR) is 111 cm³/mol. The molecule has 27 heavy (non-hydrogen) atoms. The molecule has 2 aromatic carbocycles. The third-order valence-electron chi connectivity index (χ3n) is 3.70. The van der Waals surface area contributed by atoms with Crippen LogP contribution in [0.2, 0.25) is 0 Å². The molecule has 0 aliphatic rings. The molecule has 1 amide bonds. The molecule has 0 unspecified atom stereocenters. The quantitative estimate of drug-likeness (QED) is 0.519. The molecular weight excluding hydrogens is 362 g/mol. The zero-order valence-corrected chi connectivity index (χ0v) is 16.8. The van der Waals surface area contributed by atoms with Crippen LogP contribution in [-0.4, -0.2) is 24.2 Å². The van der Waals surface area contributed by atoms with Crippen molar-refractivity contribution in [3.05, 3.63) is 53.6 Å². The number of hydrogen-bond donors (Lipinski definition) is 3. The second-order valence-electron chi connectivity index (χ2n) is 6.12. The van der Waals surface area contributed by atoms with Gasteiger partial charge in [-0.2, -0.15) is 0 Å². The zero-order chi connectivity index (χ0) is 19.8. The molecule has 0 heterocycles. The van der Waals surface area contributed by atoms with Crippen LogP contribution in [0.5, 0.6) is 11.5 Å². The van der Waals surface area contributed by atoms with Crippen LogP contribution in [0.4, 0.5) is 5.69 Å². The highest BCUT2D eigenvalue weighted by Gasteiger charge is 2.12. The topological polar surface area (TPSA) is 71.6 Å². The third-order valence-corrected chi connectivity index (χ3v) is 3.90. The summed E-state index contributed by atoms with van der Waals surface area (Å²) in [6, 6.07) is 12.9. The van der Waals surface area contributed by atoms with Crippen molar-refractivity contribution in [1.82, 2.24) is 10.9 Å². The summed E-state index contributed by atoms with van der Waals surface area (Å²) >= 11 is 5.20. The first kappa shape index (κ1) is 20.5. The van der Waals surface area contributed by atoms with E-state index in [1.165, 1.54) is 12.7 Å². The minimum atomic E-state index is -0.338. The second kappa shape index (κ2) is 9.78. The van der Waals surface area contributed by atoms with E-state index in [9.17, 15) is 4.79 Å². The average Bonchev–Trinajstić information content (AvgIpc) is 2.66. The summed E-state index contributed by atoms with van der Waals surface area (Å²) in [7, 11) is 1.53. The van der Waals surface area contributed by atoms with Crippen molar-refractivity contribution in [3.8, 4) is 11.5 Å². The van der Waals surface area contributed by atoms with E-state index in [0.29, 0.717) is 22.2 Å². The van der Waals surface area contributed by atoms with Gasteiger partial charge in [-0.3, -0.25) is 15.6 Å². The van der Waals surface area contributed by atoms with Gasteiger partial charge in [-0.25, -0.2) is 0 Å². The maximum absolute atomic E-state index is 12.3. The lowest BCUT2D eigenvalue weighted by molar-refractivity contribution is 0.0943. The van der Waals surface area contributed by atoms with Gasteiger partial charge in [0.1, 0.15) is 0 Å². The number of aryl methyl sites for hydroxylation is 1. The molecule has 0 aliphatic heterocycles. The number of rotatable bonds is 6. The predicted octanol–water partition coefficient (Wildman–Crippen LogP) is 3.68. The number of carbonyl (C=O) groups excluding carboxylic acids is 1. The molecule has 7 heteroatoms. The van der Waals surface area contributed by atoms with E-state index in [0.717, 1.165) is 12.1 Å². The molecule has 2 rings (SSSR count). The van der Waals surface area contributed by atoms with Crippen LogP contribution < -0.4 is 25.6 Å². The first-order chi connectivity index (χ1) is 12.9. The molecule has 144 valence electrons. The molecule has 0 atom stereocenters. The first-order valence-corrected chi connectivity index (χ1v) is 9.14. The Balaban J connectivity index is 1.93. The fourth-order valence-electron chi connectivity index (χ4n) is 2.33. The van der Waals surface area contributed by atoms with Gasteiger partial charge in [0, 0.05) is 11.3 Å². The molecule has 2 aromatic rings. The van der Waals surface area contributed by atoms with Crippen molar-refractivity contribution in [1.29, 1.82) is 0 Å². The molecule has 0 saturated heterocycles. The molecule has 0 aliphatic carbocycles. The lowest BCUT2D eigenvalue weighted by atomic mass is 10.1. The van der Waals surface area contributed by atoms with E-state index in [1.54, 1.807) is 18.2 Å². The van der Waals surface area contributed by atoms with Crippen LogP contribution in [-0.2, 0) is 6.42 Å². The molecule has 0 fully saturated rings. The van der Waals surface area contributed by atoms with Crippen molar-refractivity contribution in [2.45, 2.75) is 33.3 Å². The van der Waals surface area contributed by atoms with Crippen LogP contribution >= 0.6 is 12.2 Å². The Labute approximate surface area is 165 Å². The van der Waals surface area contributed by atoms with E-state index in [2.05, 4.69) is 23.1 Å². The summed E-state index contributed by atoms with van der Waals surface area (Å²) in [6.07, 6.45) is 0.985. The zero-order valence-electron chi connectivity index (χ0n) is 16.0. The molecule has 3 N–H and O–H groups in total. The van der Waals surface area contributed by atoms with E-state index in [4.69, 9.17) is 21.7 Å². The Morgan fingerprint density at radius 1 is 1.07 bits per heavy atom. The fraction of sp³-hybridized carbons (Fsp3) is 0.300. The van der Waals surface area contributed by atoms with Crippen LogP contribution in [0.25, 0.3) is 0 Å². The van der Waals surface area contributed by atoms with Gasteiger partial charge in [0.15, 0.2) is 16.6 Å². The minimum Gasteiger partial charge on any atom is -0.493 e. The van der Waals surface area contributed by atoms with Gasteiger partial charge in [0.2, 0.25) is 0 Å². The maximum Gasteiger partial charge on any atom is 0.269 e. The number of anilines is 1. The van der Waals surface area contributed by atoms with Gasteiger partial charge in [-0.1, -0.05) is 19.1 Å². The van der Waals surface area contributed by atoms with Crippen LogP contribution in [0.1, 0.15) is 36.7 Å². The smallest absolute Gasteiger partial charge is 0.269 e. The molecule has 0 aromatic heterocycles. The summed E-state index contributed by atoms with van der Waals surface area (Å²) in [4.78, 5) is 12.3. The summed E-state index contributed by atoms with van der Waals surface area (Å²) in [5, 5.41) is 3.31. The highest BCUT2D eigenvalue weighted by Crippen LogP contribution is 2.28. The number of hydrogen-bond acceptors (Lipinski definition) is 4. The fourth-order valence-corrected chi connectivity index (χ4v) is 2.50. The molecule has 0 radical (unpaired) electrons. The van der Waals surface area contributed by atoms with Crippen molar-refractivity contribution in [3.63, 3.8) is 0 Å². The van der Waals surface area contributed by atoms with Gasteiger partial charge in [-0.05, 0) is 68.4 Å². The second-order valence-corrected chi connectivity index (χ2v) is 6.52. The number of nitrogens with one attached hydrogen (secondary N) is 3. The van der Waals surface area contributed by atoms with E-state index >= 15 is 0 Å². The molecule has 6 nitrogen and oxygen atoms in total. The van der Waals surface area contributed by atoms with Gasteiger partial charge >= 0.3 is 0 Å². The molecule has 0 bridgehead atoms. The Morgan fingerprint density at radius 3 is 2.37 bits per heavy atom. The normalized spacial score (nSPS) is 10.3. The van der Waals surface area contributed by atoms with Gasteiger partial charge in [-0.15, -0.1) is 0 Å². The Kier molecular flexibility index (Phi) is 7.43. The van der Waals surface area contributed by atoms with Gasteiger partial charge in [0.25, 0.3) is 5.91 Å². The molecule has 0 saturated carbocycles. The Hall–Kier alpha value is -2.80. The van der Waals surface area contributed by atoms with Crippen LogP contribution in [0.15, 0.2) is 42.5 Å². The monoisotopic (exact) mass is 387 g/mol. The van der Waals surface area contributed by atoms with Gasteiger partial charge < -0.3 is 14.8 Å². The number of ether oxygens (including phenoxy) is 2. The largest absolute Gasteiger partial charge is 0.493 e. The highest BCUT2D eigenvalue weighted by molar-refractivity contribution is 7.80. The van der Waals surface area contributed by atoms with Crippen molar-refractivity contribution < 1.29 is 14.3 Å². The number of amides is 1. The maximum atomic E-state index is 12.3. The van der Waals surface area contributed by atoms with Crippen LogP contribution in [0.3, 0.4) is 0 Å². The lowest BCUT2D eigenvalue weighted by Gasteiger charge is -2.15. The lowest BCUT2D eigenvalue weighted by Crippen LogP contribution is -2.43. The first-order valence-electron chi connectivity index (χ1n) is 8.74. The number of benzene rings is 2. The average molecular weight is 388 g/mol. The van der Waals surface area contributed by atoms with Crippen LogP contribution in [0, 0.1) is 0 Å². The van der Waals surface area contributed by atoms with E-state index < -0.39 is 0 Å². The van der Waals surface area contributed by atoms with Crippen molar-refractivity contribution >= 4 is 28.9 Å². The van der Waals surface area contributed by atoms with E-state index in [1.807, 2.05) is 38.1 Å². The number of hydrazine groups is 1. The summed E-state index contributed by atoms with van der Waals surface area (Å²) < 4.78 is 10.9. The summed E-state index contributed by atoms with van der Waals surface area (Å²) in [6.45, 7) is 5.95.